The second-order valence-electron chi connectivity index (χ2n) is 9.68. The largest absolute Gasteiger partial charge is 0.478 e. The number of aromatic amines is 1. The molecule has 11 heteroatoms. The van der Waals surface area contributed by atoms with Gasteiger partial charge in [-0.2, -0.15) is 5.26 Å². The summed E-state index contributed by atoms with van der Waals surface area (Å²) >= 11 is 0. The van der Waals surface area contributed by atoms with Crippen molar-refractivity contribution in [2.24, 2.45) is 5.73 Å². The van der Waals surface area contributed by atoms with Crippen LogP contribution in [0.25, 0.3) is 21.9 Å². The van der Waals surface area contributed by atoms with Gasteiger partial charge in [0.15, 0.2) is 5.76 Å². The zero-order valence-corrected chi connectivity index (χ0v) is 22.4. The van der Waals surface area contributed by atoms with E-state index in [4.69, 9.17) is 25.6 Å². The number of piperazine rings is 1. The fraction of sp³-hybridized carbons (Fsp3) is 0.267. The van der Waals surface area contributed by atoms with Crippen molar-refractivity contribution in [1.29, 1.82) is 5.26 Å². The number of primary amides is 1. The van der Waals surface area contributed by atoms with Crippen LogP contribution in [0.1, 0.15) is 34.5 Å². The molecule has 0 unspecified atom stereocenters. The molecule has 11 nitrogen and oxygen atoms in total. The highest BCUT2D eigenvalue weighted by atomic mass is 16.4. The molecule has 0 aliphatic carbocycles. The molecule has 1 fully saturated rings. The topological polar surface area (TPSA) is 177 Å². The van der Waals surface area contributed by atoms with Crippen molar-refractivity contribution in [3.05, 3.63) is 77.7 Å². The minimum absolute atomic E-state index is 0.199. The van der Waals surface area contributed by atoms with E-state index in [2.05, 4.69) is 33.1 Å². The number of fused-ring (bicyclic) bond motifs is 2. The van der Waals surface area contributed by atoms with Crippen LogP contribution in [-0.2, 0) is 16.0 Å². The Kier molecular flexibility index (Phi) is 9.39. The summed E-state index contributed by atoms with van der Waals surface area (Å²) in [6.45, 7) is 5.13. The number of H-pyrrole nitrogens is 1. The molecule has 0 radical (unpaired) electrons. The van der Waals surface area contributed by atoms with Crippen LogP contribution in [0.5, 0.6) is 0 Å². The van der Waals surface area contributed by atoms with Gasteiger partial charge in [0.1, 0.15) is 5.58 Å². The molecule has 41 heavy (non-hydrogen) atoms. The highest BCUT2D eigenvalue weighted by molar-refractivity contribution is 5.95. The summed E-state index contributed by atoms with van der Waals surface area (Å²) in [6, 6.07) is 15.8. The van der Waals surface area contributed by atoms with Gasteiger partial charge in [-0.15, -0.1) is 0 Å². The molecule has 1 amide bonds. The normalized spacial score (nSPS) is 13.7. The lowest BCUT2D eigenvalue weighted by Gasteiger charge is -2.36. The van der Waals surface area contributed by atoms with Gasteiger partial charge in [0.05, 0.1) is 11.6 Å². The number of anilines is 1. The van der Waals surface area contributed by atoms with E-state index >= 15 is 0 Å². The number of benzene rings is 2. The van der Waals surface area contributed by atoms with Crippen LogP contribution in [-0.4, -0.2) is 70.7 Å². The Labute approximate surface area is 236 Å². The van der Waals surface area contributed by atoms with Gasteiger partial charge >= 0.3 is 11.9 Å². The summed E-state index contributed by atoms with van der Waals surface area (Å²) in [4.78, 5) is 38.7. The third kappa shape index (κ3) is 7.74. The molecule has 0 saturated carbocycles. The summed E-state index contributed by atoms with van der Waals surface area (Å²) in [7, 11) is 0. The van der Waals surface area contributed by atoms with Crippen LogP contribution in [0.2, 0.25) is 0 Å². The fourth-order valence-electron chi connectivity index (χ4n) is 4.83. The molecule has 1 saturated heterocycles. The molecule has 4 aromatic rings. The zero-order chi connectivity index (χ0) is 29.4. The average Bonchev–Trinajstić information content (AvgIpc) is 3.58. The summed E-state index contributed by atoms with van der Waals surface area (Å²) in [5.41, 5.74) is 10.3. The summed E-state index contributed by atoms with van der Waals surface area (Å²) in [5.74, 6) is -2.86. The molecule has 5 N–H and O–H groups in total. The van der Waals surface area contributed by atoms with Crippen LogP contribution < -0.4 is 10.6 Å². The van der Waals surface area contributed by atoms with Gasteiger partial charge in [0.25, 0.3) is 5.91 Å². The number of carboxylic acid groups (broad SMARTS) is 2. The third-order valence-corrected chi connectivity index (χ3v) is 6.92. The number of hydrogen-bond acceptors (Lipinski definition) is 7. The first kappa shape index (κ1) is 28.9. The van der Waals surface area contributed by atoms with E-state index in [1.807, 2.05) is 30.3 Å². The number of carbonyl (C=O) groups is 3. The number of aliphatic carboxylic acids is 2. The second-order valence-corrected chi connectivity index (χ2v) is 9.68. The van der Waals surface area contributed by atoms with E-state index in [0.29, 0.717) is 23.3 Å². The summed E-state index contributed by atoms with van der Waals surface area (Å²) in [5, 5.41) is 26.8. The van der Waals surface area contributed by atoms with Crippen molar-refractivity contribution in [3.63, 3.8) is 0 Å². The molecule has 212 valence electrons. The molecule has 2 aromatic heterocycles. The number of rotatable bonds is 9. The smallest absolute Gasteiger partial charge is 0.328 e. The molecule has 0 atom stereocenters. The Bertz CT molecular complexity index is 1610. The molecular weight excluding hydrogens is 526 g/mol. The highest BCUT2D eigenvalue weighted by Crippen LogP contribution is 2.26. The van der Waals surface area contributed by atoms with Crippen molar-refractivity contribution in [3.8, 4) is 6.07 Å². The van der Waals surface area contributed by atoms with E-state index in [1.54, 1.807) is 6.07 Å². The zero-order valence-electron chi connectivity index (χ0n) is 22.4. The number of aromatic nitrogens is 1. The van der Waals surface area contributed by atoms with Gasteiger partial charge in [-0.25, -0.2) is 9.59 Å². The number of carbonyl (C=O) groups excluding carboxylic acids is 1. The maximum atomic E-state index is 11.4. The van der Waals surface area contributed by atoms with Gasteiger partial charge in [-0.05, 0) is 73.8 Å². The van der Waals surface area contributed by atoms with Crippen molar-refractivity contribution >= 4 is 45.4 Å². The number of aryl methyl sites for hydroxylation is 1. The molecule has 5 rings (SSSR count). The monoisotopic (exact) mass is 557 g/mol. The number of furan rings is 1. The quantitative estimate of drug-likeness (QED) is 0.176. The first-order valence-electron chi connectivity index (χ1n) is 13.2. The van der Waals surface area contributed by atoms with Crippen molar-refractivity contribution in [1.82, 2.24) is 9.88 Å². The van der Waals surface area contributed by atoms with Gasteiger partial charge in [0, 0.05) is 66.5 Å². The van der Waals surface area contributed by atoms with Gasteiger partial charge in [0.2, 0.25) is 0 Å². The maximum absolute atomic E-state index is 11.4. The van der Waals surface area contributed by atoms with Gasteiger partial charge in [-0.1, -0.05) is 0 Å². The van der Waals surface area contributed by atoms with Crippen LogP contribution >= 0.6 is 0 Å². The Morgan fingerprint density at radius 1 is 1.00 bits per heavy atom. The van der Waals surface area contributed by atoms with Gasteiger partial charge in [-0.3, -0.25) is 9.69 Å². The molecule has 0 bridgehead atoms. The molecule has 3 heterocycles. The lowest BCUT2D eigenvalue weighted by Crippen LogP contribution is -2.46. The predicted octanol–water partition coefficient (Wildman–Crippen LogP) is 3.74. The number of nitriles is 1. The van der Waals surface area contributed by atoms with Crippen LogP contribution in [0.15, 0.2) is 65.2 Å². The highest BCUT2D eigenvalue weighted by Gasteiger charge is 2.18. The minimum Gasteiger partial charge on any atom is -0.478 e. The lowest BCUT2D eigenvalue weighted by atomic mass is 10.1. The number of unbranched alkanes of at least 4 members (excludes halogenated alkanes) is 1. The van der Waals surface area contributed by atoms with Crippen molar-refractivity contribution < 1.29 is 29.0 Å². The van der Waals surface area contributed by atoms with E-state index in [1.165, 1.54) is 10.9 Å². The van der Waals surface area contributed by atoms with Crippen LogP contribution in [0.3, 0.4) is 0 Å². The summed E-state index contributed by atoms with van der Waals surface area (Å²) in [6.07, 6.45) is 6.50. The summed E-state index contributed by atoms with van der Waals surface area (Å²) < 4.78 is 5.49. The number of nitrogens with two attached hydrogens (primary N) is 1. The van der Waals surface area contributed by atoms with E-state index in [9.17, 15) is 14.4 Å². The van der Waals surface area contributed by atoms with E-state index < -0.39 is 17.8 Å². The van der Waals surface area contributed by atoms with Crippen molar-refractivity contribution in [2.45, 2.75) is 19.3 Å². The second kappa shape index (κ2) is 13.3. The fourth-order valence-corrected chi connectivity index (χ4v) is 4.83. The molecule has 2 aromatic carbocycles. The Balaban J connectivity index is 0.000000426. The van der Waals surface area contributed by atoms with E-state index in [0.717, 1.165) is 68.6 Å². The van der Waals surface area contributed by atoms with Crippen LogP contribution in [0, 0.1) is 11.3 Å². The predicted molar refractivity (Wildman–Crippen MR) is 154 cm³/mol. The Hall–Kier alpha value is -5.08. The number of nitrogens with one attached hydrogen (secondary N) is 1. The molecule has 1 aliphatic rings. The number of hydrogen-bond donors (Lipinski definition) is 4. The Morgan fingerprint density at radius 2 is 1.73 bits per heavy atom. The molecule has 1 aliphatic heterocycles. The lowest BCUT2D eigenvalue weighted by molar-refractivity contribution is -0.134. The SMILES string of the molecule is N#Cc1ccc2[nH]cc(CCCCN3CCN(c4ccc5oc(C(N)=O)cc5c4)CC3)c2c1.O=C(O)/C=C\C(=O)O. The third-order valence-electron chi connectivity index (χ3n) is 6.92. The first-order valence-corrected chi connectivity index (χ1v) is 13.2. The number of nitrogens with zero attached hydrogens (tertiary/aromatic N) is 3. The molecular formula is C30H31N5O6. The maximum Gasteiger partial charge on any atom is 0.328 e. The van der Waals surface area contributed by atoms with Crippen molar-refractivity contribution in [2.75, 3.05) is 37.6 Å². The molecule has 0 spiro atoms. The average molecular weight is 558 g/mol. The first-order chi connectivity index (χ1) is 19.7. The number of amides is 1. The Morgan fingerprint density at radius 3 is 2.39 bits per heavy atom. The minimum atomic E-state index is -1.26. The number of carboxylic acids is 2. The van der Waals surface area contributed by atoms with Crippen LogP contribution in [0.4, 0.5) is 5.69 Å². The van der Waals surface area contributed by atoms with Gasteiger partial charge < -0.3 is 30.2 Å². The standard InChI is InChI=1S/C26H27N5O2.C4H4O4/c27-16-18-4-6-23-22(13-18)19(17-29-23)3-1-2-8-30-9-11-31(12-10-30)21-5-7-24-20(14-21)15-25(33-24)26(28)32;5-3(6)1-2-4(7)8/h4-7,13-15,17,29H,1-3,8-12H2,(H2,28,32);1-2H,(H,5,6)(H,7,8)/b;2-1-. The van der Waals surface area contributed by atoms with E-state index in [-0.39, 0.29) is 5.76 Å².